The summed E-state index contributed by atoms with van der Waals surface area (Å²) in [4.78, 5) is 16.3. The molecule has 4 rings (SSSR count). The van der Waals surface area contributed by atoms with Gasteiger partial charge in [-0.15, -0.1) is 11.3 Å². The number of rotatable bonds is 5. The highest BCUT2D eigenvalue weighted by Gasteiger charge is 2.22. The molecule has 0 amide bonds. The van der Waals surface area contributed by atoms with Gasteiger partial charge in [-0.2, -0.15) is 4.98 Å². The maximum Gasteiger partial charge on any atom is 0.228 e. The van der Waals surface area contributed by atoms with Crippen LogP contribution in [0.4, 0.5) is 5.95 Å². The van der Waals surface area contributed by atoms with Crippen molar-refractivity contribution in [1.82, 2.24) is 14.9 Å². The highest BCUT2D eigenvalue weighted by Crippen LogP contribution is 2.33. The summed E-state index contributed by atoms with van der Waals surface area (Å²) in [7, 11) is 1.63. The quantitative estimate of drug-likeness (QED) is 0.817. The predicted molar refractivity (Wildman–Crippen MR) is 98.3 cm³/mol. The van der Waals surface area contributed by atoms with Gasteiger partial charge in [0.2, 0.25) is 11.8 Å². The lowest BCUT2D eigenvalue weighted by atomic mass is 10.2. The second kappa shape index (κ2) is 7.68. The van der Waals surface area contributed by atoms with Crippen LogP contribution in [-0.4, -0.2) is 54.8 Å². The van der Waals surface area contributed by atoms with Crippen molar-refractivity contribution < 1.29 is 9.47 Å². The molecule has 4 heterocycles. The third-order valence-electron chi connectivity index (χ3n) is 4.79. The fourth-order valence-electron chi connectivity index (χ4n) is 3.38. The van der Waals surface area contributed by atoms with E-state index in [4.69, 9.17) is 9.47 Å². The molecule has 0 radical (unpaired) electrons. The summed E-state index contributed by atoms with van der Waals surface area (Å²) < 4.78 is 11.0. The topological polar surface area (TPSA) is 50.7 Å². The van der Waals surface area contributed by atoms with Crippen molar-refractivity contribution in [3.8, 4) is 5.88 Å². The van der Waals surface area contributed by atoms with E-state index in [1.54, 1.807) is 19.4 Å². The predicted octanol–water partition coefficient (Wildman–Crippen LogP) is 2.72. The van der Waals surface area contributed by atoms with Gasteiger partial charge in [0.05, 0.1) is 13.2 Å². The normalized spacial score (nSPS) is 21.6. The third-order valence-corrected chi connectivity index (χ3v) is 5.95. The first kappa shape index (κ1) is 16.8. The number of nitrogens with zero attached hydrogens (tertiary/aromatic N) is 4. The summed E-state index contributed by atoms with van der Waals surface area (Å²) in [5.74, 6) is 1.38. The number of ether oxygens (including phenoxy) is 2. The number of hydrogen-bond donors (Lipinski definition) is 0. The standard InChI is InChI=1S/C18H24N4O2S/c1-23-17-6-7-19-18(20-17)22-10-8-21(9-11-22)13-14-4-5-16(25-14)15-3-2-12-24-15/h4-7,15H,2-3,8-13H2,1H3. The second-order valence-electron chi connectivity index (χ2n) is 6.47. The molecule has 6 nitrogen and oxygen atoms in total. The molecule has 2 aromatic rings. The monoisotopic (exact) mass is 360 g/mol. The van der Waals surface area contributed by atoms with Crippen molar-refractivity contribution in [2.45, 2.75) is 25.5 Å². The zero-order chi connectivity index (χ0) is 17.1. The SMILES string of the molecule is COc1ccnc(N2CCN(Cc3ccc(C4CCCO4)s3)CC2)n1. The van der Waals surface area contributed by atoms with E-state index >= 15 is 0 Å². The van der Waals surface area contributed by atoms with Crippen LogP contribution in [0.25, 0.3) is 0 Å². The van der Waals surface area contributed by atoms with Crippen LogP contribution in [0.3, 0.4) is 0 Å². The van der Waals surface area contributed by atoms with Crippen LogP contribution in [0.1, 0.15) is 28.7 Å². The number of hydrogen-bond acceptors (Lipinski definition) is 7. The Morgan fingerprint density at radius 3 is 2.88 bits per heavy atom. The van der Waals surface area contributed by atoms with Gasteiger partial charge in [-0.1, -0.05) is 0 Å². The third kappa shape index (κ3) is 3.94. The van der Waals surface area contributed by atoms with E-state index in [0.717, 1.165) is 45.3 Å². The minimum absolute atomic E-state index is 0.334. The number of aromatic nitrogens is 2. The Morgan fingerprint density at radius 2 is 2.12 bits per heavy atom. The summed E-state index contributed by atoms with van der Waals surface area (Å²) in [6.07, 6.45) is 4.44. The van der Waals surface area contributed by atoms with Crippen LogP contribution >= 0.6 is 11.3 Å². The lowest BCUT2D eigenvalue weighted by Gasteiger charge is -2.34. The number of thiophene rings is 1. The van der Waals surface area contributed by atoms with Crippen molar-refractivity contribution in [3.05, 3.63) is 34.2 Å². The van der Waals surface area contributed by atoms with Crippen molar-refractivity contribution in [1.29, 1.82) is 0 Å². The van der Waals surface area contributed by atoms with Crippen LogP contribution < -0.4 is 9.64 Å². The van der Waals surface area contributed by atoms with Crippen LogP contribution in [0.5, 0.6) is 5.88 Å². The fraction of sp³-hybridized carbons (Fsp3) is 0.556. The molecule has 0 aromatic carbocycles. The molecule has 1 atom stereocenters. The van der Waals surface area contributed by atoms with Gasteiger partial charge in [0.15, 0.2) is 0 Å². The highest BCUT2D eigenvalue weighted by atomic mass is 32.1. The number of anilines is 1. The summed E-state index contributed by atoms with van der Waals surface area (Å²) >= 11 is 1.90. The zero-order valence-corrected chi connectivity index (χ0v) is 15.4. The molecule has 134 valence electrons. The average molecular weight is 360 g/mol. The van der Waals surface area contributed by atoms with Crippen molar-refractivity contribution >= 4 is 17.3 Å². The molecule has 2 aliphatic rings. The molecule has 2 aromatic heterocycles. The molecule has 25 heavy (non-hydrogen) atoms. The van der Waals surface area contributed by atoms with Crippen molar-refractivity contribution in [2.24, 2.45) is 0 Å². The number of methoxy groups -OCH3 is 1. The molecule has 0 N–H and O–H groups in total. The highest BCUT2D eigenvalue weighted by molar-refractivity contribution is 7.12. The van der Waals surface area contributed by atoms with E-state index in [0.29, 0.717) is 12.0 Å². The Morgan fingerprint density at radius 1 is 1.24 bits per heavy atom. The lowest BCUT2D eigenvalue weighted by molar-refractivity contribution is 0.114. The summed E-state index contributed by atoms with van der Waals surface area (Å²) in [6, 6.07) is 6.29. The van der Waals surface area contributed by atoms with Crippen LogP contribution in [0.2, 0.25) is 0 Å². The van der Waals surface area contributed by atoms with Gasteiger partial charge in [0.1, 0.15) is 0 Å². The molecule has 0 spiro atoms. The molecule has 1 unspecified atom stereocenters. The molecule has 2 aliphatic heterocycles. The minimum Gasteiger partial charge on any atom is -0.481 e. The summed E-state index contributed by atoms with van der Waals surface area (Å²) in [5, 5.41) is 0. The first-order valence-electron chi connectivity index (χ1n) is 8.86. The Labute approximate surface area is 152 Å². The minimum atomic E-state index is 0.334. The van der Waals surface area contributed by atoms with Crippen LogP contribution in [0, 0.1) is 0 Å². The van der Waals surface area contributed by atoms with E-state index in [2.05, 4.69) is 31.9 Å². The molecule has 0 aliphatic carbocycles. The van der Waals surface area contributed by atoms with Gasteiger partial charge in [0.25, 0.3) is 0 Å². The van der Waals surface area contributed by atoms with Gasteiger partial charge in [-0.3, -0.25) is 4.90 Å². The van der Waals surface area contributed by atoms with Gasteiger partial charge in [-0.05, 0) is 25.0 Å². The van der Waals surface area contributed by atoms with Gasteiger partial charge < -0.3 is 14.4 Å². The Bertz CT molecular complexity index is 694. The molecule has 0 bridgehead atoms. The molecule has 7 heteroatoms. The second-order valence-corrected chi connectivity index (χ2v) is 7.67. The van der Waals surface area contributed by atoms with Crippen LogP contribution in [-0.2, 0) is 11.3 Å². The van der Waals surface area contributed by atoms with Crippen molar-refractivity contribution in [3.63, 3.8) is 0 Å². The zero-order valence-electron chi connectivity index (χ0n) is 14.6. The first-order chi connectivity index (χ1) is 12.3. The molecular weight excluding hydrogens is 336 g/mol. The largest absolute Gasteiger partial charge is 0.481 e. The van der Waals surface area contributed by atoms with Gasteiger partial charge in [0, 0.05) is 61.3 Å². The Balaban J connectivity index is 1.31. The van der Waals surface area contributed by atoms with Gasteiger partial charge >= 0.3 is 0 Å². The first-order valence-corrected chi connectivity index (χ1v) is 9.68. The Hall–Kier alpha value is -1.70. The number of piperazine rings is 1. The molecule has 0 saturated carbocycles. The van der Waals surface area contributed by atoms with E-state index in [1.165, 1.54) is 22.6 Å². The lowest BCUT2D eigenvalue weighted by Crippen LogP contribution is -2.46. The fourth-order valence-corrected chi connectivity index (χ4v) is 4.52. The maximum atomic E-state index is 5.79. The summed E-state index contributed by atoms with van der Waals surface area (Å²) in [5.41, 5.74) is 0. The molecule has 2 saturated heterocycles. The van der Waals surface area contributed by atoms with Gasteiger partial charge in [-0.25, -0.2) is 4.98 Å². The van der Waals surface area contributed by atoms with E-state index in [9.17, 15) is 0 Å². The molecule has 2 fully saturated rings. The van der Waals surface area contributed by atoms with E-state index < -0.39 is 0 Å². The van der Waals surface area contributed by atoms with Crippen molar-refractivity contribution in [2.75, 3.05) is 44.8 Å². The Kier molecular flexibility index (Phi) is 5.14. The van der Waals surface area contributed by atoms with Crippen LogP contribution in [0.15, 0.2) is 24.4 Å². The maximum absolute atomic E-state index is 5.79. The van der Waals surface area contributed by atoms with E-state index in [-0.39, 0.29) is 0 Å². The summed E-state index contributed by atoms with van der Waals surface area (Å²) in [6.45, 7) is 5.85. The molecular formula is C18H24N4O2S. The average Bonchev–Trinajstić information content (AvgIpc) is 3.34. The smallest absolute Gasteiger partial charge is 0.228 e. The van der Waals surface area contributed by atoms with E-state index in [1.807, 2.05) is 11.3 Å².